The van der Waals surface area contributed by atoms with Gasteiger partial charge in [0.05, 0.1) is 18.6 Å². The topological polar surface area (TPSA) is 52.6 Å². The van der Waals surface area contributed by atoms with E-state index in [4.69, 9.17) is 9.47 Å². The molecular formula is C13H23BrO4. The molecule has 0 rings (SSSR count). The summed E-state index contributed by atoms with van der Waals surface area (Å²) < 4.78 is 10.1. The maximum absolute atomic E-state index is 11.7. The third-order valence-electron chi connectivity index (χ3n) is 2.52. The second kappa shape index (κ2) is 8.51. The van der Waals surface area contributed by atoms with E-state index in [1.807, 2.05) is 6.92 Å². The first-order chi connectivity index (χ1) is 8.35. The highest BCUT2D eigenvalue weighted by molar-refractivity contribution is 9.10. The monoisotopic (exact) mass is 322 g/mol. The van der Waals surface area contributed by atoms with Crippen molar-refractivity contribution in [2.75, 3.05) is 13.2 Å². The fraction of sp³-hybridized carbons (Fsp3) is 0.846. The van der Waals surface area contributed by atoms with Gasteiger partial charge in [-0.15, -0.1) is 0 Å². The summed E-state index contributed by atoms with van der Waals surface area (Å²) in [5.41, 5.74) is -0.700. The summed E-state index contributed by atoms with van der Waals surface area (Å²) in [6.45, 7) is 8.09. The largest absolute Gasteiger partial charge is 0.466 e. The molecule has 1 unspecified atom stereocenters. The van der Waals surface area contributed by atoms with Crippen molar-refractivity contribution in [1.82, 2.24) is 0 Å². The van der Waals surface area contributed by atoms with E-state index in [-0.39, 0.29) is 11.9 Å². The predicted octanol–water partition coefficient (Wildman–Crippen LogP) is 3.07. The third-order valence-corrected chi connectivity index (χ3v) is 3.21. The number of alkyl halides is 1. The van der Waals surface area contributed by atoms with Crippen LogP contribution < -0.4 is 0 Å². The standard InChI is InChI=1S/C13H23BrO4/c1-5-7-8-18-11(15)10(14)9-13(3,4)12(16)17-6-2/h10H,5-9H2,1-4H3. The van der Waals surface area contributed by atoms with Crippen LogP contribution in [0, 0.1) is 5.41 Å². The van der Waals surface area contributed by atoms with Gasteiger partial charge in [0.15, 0.2) is 0 Å². The van der Waals surface area contributed by atoms with Gasteiger partial charge in [0.1, 0.15) is 4.83 Å². The van der Waals surface area contributed by atoms with E-state index in [0.717, 1.165) is 12.8 Å². The van der Waals surface area contributed by atoms with Crippen LogP contribution in [0.2, 0.25) is 0 Å². The van der Waals surface area contributed by atoms with Crippen LogP contribution in [0.3, 0.4) is 0 Å². The minimum Gasteiger partial charge on any atom is -0.466 e. The van der Waals surface area contributed by atoms with Crippen molar-refractivity contribution in [3.05, 3.63) is 0 Å². The number of unbranched alkanes of at least 4 members (excludes halogenated alkanes) is 1. The van der Waals surface area contributed by atoms with Crippen LogP contribution in [-0.4, -0.2) is 30.0 Å². The van der Waals surface area contributed by atoms with Crippen LogP contribution in [0.25, 0.3) is 0 Å². The van der Waals surface area contributed by atoms with Gasteiger partial charge < -0.3 is 9.47 Å². The highest BCUT2D eigenvalue weighted by Crippen LogP contribution is 2.28. The Balaban J connectivity index is 4.23. The van der Waals surface area contributed by atoms with E-state index in [2.05, 4.69) is 15.9 Å². The number of ether oxygens (including phenoxy) is 2. The summed E-state index contributed by atoms with van der Waals surface area (Å²) in [5.74, 6) is -0.614. The molecule has 0 fully saturated rings. The van der Waals surface area contributed by atoms with Gasteiger partial charge in [0.2, 0.25) is 0 Å². The molecule has 106 valence electrons. The lowest BCUT2D eigenvalue weighted by Crippen LogP contribution is -2.32. The van der Waals surface area contributed by atoms with Crippen LogP contribution >= 0.6 is 15.9 Å². The Kier molecular flexibility index (Phi) is 8.24. The van der Waals surface area contributed by atoms with Crippen LogP contribution in [0.5, 0.6) is 0 Å². The summed E-state index contributed by atoms with van der Waals surface area (Å²) in [6.07, 6.45) is 2.19. The summed E-state index contributed by atoms with van der Waals surface area (Å²) >= 11 is 3.27. The molecule has 0 aromatic carbocycles. The normalized spacial score (nSPS) is 12.9. The molecule has 0 saturated heterocycles. The molecule has 4 nitrogen and oxygen atoms in total. The lowest BCUT2D eigenvalue weighted by atomic mass is 9.88. The number of halogens is 1. The van der Waals surface area contributed by atoms with E-state index in [9.17, 15) is 9.59 Å². The summed E-state index contributed by atoms with van der Waals surface area (Å²) in [4.78, 5) is 22.9. The SMILES string of the molecule is CCCCOC(=O)C(Br)CC(C)(C)C(=O)OCC. The molecule has 0 aromatic heterocycles. The van der Waals surface area contributed by atoms with Crippen molar-refractivity contribution >= 4 is 27.9 Å². The summed E-state index contributed by atoms with van der Waals surface area (Å²) in [5, 5.41) is 0. The number of esters is 2. The Hall–Kier alpha value is -0.580. The maximum atomic E-state index is 11.7. The van der Waals surface area contributed by atoms with Crippen LogP contribution in [-0.2, 0) is 19.1 Å². The Morgan fingerprint density at radius 3 is 2.33 bits per heavy atom. The third kappa shape index (κ3) is 6.38. The van der Waals surface area contributed by atoms with Gasteiger partial charge in [-0.25, -0.2) is 0 Å². The van der Waals surface area contributed by atoms with Crippen LogP contribution in [0.4, 0.5) is 0 Å². The molecule has 0 spiro atoms. The minimum atomic E-state index is -0.700. The van der Waals surface area contributed by atoms with E-state index in [1.165, 1.54) is 0 Å². The highest BCUT2D eigenvalue weighted by atomic mass is 79.9. The molecule has 5 heteroatoms. The Morgan fingerprint density at radius 1 is 1.22 bits per heavy atom. The Morgan fingerprint density at radius 2 is 1.83 bits per heavy atom. The van der Waals surface area contributed by atoms with Crippen molar-refractivity contribution in [3.63, 3.8) is 0 Å². The number of carbonyl (C=O) groups excluding carboxylic acids is 2. The molecule has 0 heterocycles. The second-order valence-electron chi connectivity index (χ2n) is 4.80. The first-order valence-corrected chi connectivity index (χ1v) is 7.24. The van der Waals surface area contributed by atoms with Crippen LogP contribution in [0.15, 0.2) is 0 Å². The zero-order valence-electron chi connectivity index (χ0n) is 11.6. The Labute approximate surface area is 118 Å². The molecule has 0 N–H and O–H groups in total. The van der Waals surface area contributed by atoms with Gasteiger partial charge in [-0.05, 0) is 33.6 Å². The van der Waals surface area contributed by atoms with Gasteiger partial charge in [-0.1, -0.05) is 29.3 Å². The molecule has 1 atom stereocenters. The van der Waals surface area contributed by atoms with E-state index in [0.29, 0.717) is 19.6 Å². The highest BCUT2D eigenvalue weighted by Gasteiger charge is 2.34. The lowest BCUT2D eigenvalue weighted by molar-refractivity contribution is -0.154. The fourth-order valence-electron chi connectivity index (χ4n) is 1.35. The first kappa shape index (κ1) is 17.4. The van der Waals surface area contributed by atoms with Gasteiger partial charge in [-0.2, -0.15) is 0 Å². The maximum Gasteiger partial charge on any atom is 0.319 e. The minimum absolute atomic E-state index is 0.296. The van der Waals surface area contributed by atoms with E-state index < -0.39 is 10.2 Å². The second-order valence-corrected chi connectivity index (χ2v) is 5.90. The summed E-state index contributed by atoms with van der Waals surface area (Å²) in [7, 11) is 0. The zero-order valence-corrected chi connectivity index (χ0v) is 13.2. The average molecular weight is 323 g/mol. The summed E-state index contributed by atoms with van der Waals surface area (Å²) in [6, 6.07) is 0. The molecule has 0 aliphatic rings. The molecule has 18 heavy (non-hydrogen) atoms. The molecule has 0 saturated carbocycles. The molecule has 0 aliphatic heterocycles. The fourth-order valence-corrected chi connectivity index (χ4v) is 2.29. The quantitative estimate of drug-likeness (QED) is 0.391. The molecule has 0 aromatic rings. The molecule has 0 aliphatic carbocycles. The predicted molar refractivity (Wildman–Crippen MR) is 73.6 cm³/mol. The van der Waals surface area contributed by atoms with Crippen molar-refractivity contribution in [1.29, 1.82) is 0 Å². The molecule has 0 amide bonds. The number of hydrogen-bond acceptors (Lipinski definition) is 4. The molecular weight excluding hydrogens is 300 g/mol. The van der Waals surface area contributed by atoms with Gasteiger partial charge in [0, 0.05) is 0 Å². The van der Waals surface area contributed by atoms with Gasteiger partial charge in [-0.3, -0.25) is 9.59 Å². The van der Waals surface area contributed by atoms with Gasteiger partial charge in [0.25, 0.3) is 0 Å². The van der Waals surface area contributed by atoms with Crippen LogP contribution in [0.1, 0.15) is 47.0 Å². The number of carbonyl (C=O) groups is 2. The Bertz CT molecular complexity index is 276. The molecule has 0 bridgehead atoms. The van der Waals surface area contributed by atoms with E-state index >= 15 is 0 Å². The zero-order chi connectivity index (χ0) is 14.2. The van der Waals surface area contributed by atoms with Crippen molar-refractivity contribution in [3.8, 4) is 0 Å². The lowest BCUT2D eigenvalue weighted by Gasteiger charge is -2.24. The molecule has 0 radical (unpaired) electrons. The van der Waals surface area contributed by atoms with Gasteiger partial charge >= 0.3 is 11.9 Å². The number of rotatable bonds is 8. The van der Waals surface area contributed by atoms with Crippen molar-refractivity contribution in [2.45, 2.75) is 51.8 Å². The van der Waals surface area contributed by atoms with Crippen molar-refractivity contribution in [2.24, 2.45) is 5.41 Å². The average Bonchev–Trinajstić information content (AvgIpc) is 2.28. The number of hydrogen-bond donors (Lipinski definition) is 0. The van der Waals surface area contributed by atoms with E-state index in [1.54, 1.807) is 20.8 Å². The van der Waals surface area contributed by atoms with Crippen molar-refractivity contribution < 1.29 is 19.1 Å². The smallest absolute Gasteiger partial charge is 0.319 e. The first-order valence-electron chi connectivity index (χ1n) is 6.33.